The highest BCUT2D eigenvalue weighted by molar-refractivity contribution is 7.89. The molecule has 22 heavy (non-hydrogen) atoms. The molecule has 0 spiro atoms. The van der Waals surface area contributed by atoms with Crippen LogP contribution in [0.2, 0.25) is 5.02 Å². The molecule has 1 amide bonds. The van der Waals surface area contributed by atoms with Crippen LogP contribution in [0.1, 0.15) is 16.8 Å². The van der Waals surface area contributed by atoms with Crippen LogP contribution in [0.5, 0.6) is 0 Å². The summed E-state index contributed by atoms with van der Waals surface area (Å²) in [6.07, 6.45) is 0.0265. The molecule has 9 heteroatoms. The lowest BCUT2D eigenvalue weighted by molar-refractivity contribution is -0.140. The number of carbonyl (C=O) groups excluding carboxylic acids is 2. The van der Waals surface area contributed by atoms with Gasteiger partial charge in [0.25, 0.3) is 5.91 Å². The first-order valence-electron chi connectivity index (χ1n) is 6.27. The van der Waals surface area contributed by atoms with Crippen LogP contribution in [0.15, 0.2) is 23.1 Å². The Morgan fingerprint density at radius 3 is 2.50 bits per heavy atom. The van der Waals surface area contributed by atoms with E-state index < -0.39 is 21.9 Å². The Morgan fingerprint density at radius 2 is 1.95 bits per heavy atom. The fraction of sp³-hybridized carbons (Fsp3) is 0.385. The summed E-state index contributed by atoms with van der Waals surface area (Å²) in [7, 11) is 0.237. The second-order valence-electron chi connectivity index (χ2n) is 4.51. The van der Waals surface area contributed by atoms with E-state index in [1.165, 1.54) is 39.4 Å². The Morgan fingerprint density at radius 1 is 1.32 bits per heavy atom. The Bertz CT molecular complexity index is 673. The number of hydrogen-bond donors (Lipinski definition) is 1. The van der Waals surface area contributed by atoms with Gasteiger partial charge in [0.1, 0.15) is 4.90 Å². The molecule has 1 N–H and O–H groups in total. The lowest BCUT2D eigenvalue weighted by Crippen LogP contribution is -2.27. The molecule has 0 saturated carbocycles. The van der Waals surface area contributed by atoms with Gasteiger partial charge < -0.3 is 10.1 Å². The van der Waals surface area contributed by atoms with Gasteiger partial charge in [-0.25, -0.2) is 12.7 Å². The molecule has 0 unspecified atom stereocenters. The van der Waals surface area contributed by atoms with Crippen LogP contribution in [0.3, 0.4) is 0 Å². The number of ether oxygens (including phenoxy) is 1. The van der Waals surface area contributed by atoms with Crippen LogP contribution in [0.25, 0.3) is 0 Å². The molecule has 0 fully saturated rings. The van der Waals surface area contributed by atoms with Crippen molar-refractivity contribution in [1.82, 2.24) is 9.62 Å². The van der Waals surface area contributed by atoms with Crippen LogP contribution in [-0.4, -0.2) is 52.3 Å². The molecule has 0 heterocycles. The maximum absolute atomic E-state index is 12.1. The van der Waals surface area contributed by atoms with Crippen molar-refractivity contribution in [3.05, 3.63) is 28.8 Å². The van der Waals surface area contributed by atoms with Crippen LogP contribution >= 0.6 is 11.6 Å². The van der Waals surface area contributed by atoms with Crippen molar-refractivity contribution < 1.29 is 22.7 Å². The number of nitrogens with one attached hydrogen (secondary N) is 1. The Hall–Kier alpha value is -1.64. The number of methoxy groups -OCH3 is 1. The van der Waals surface area contributed by atoms with E-state index in [2.05, 4.69) is 10.1 Å². The van der Waals surface area contributed by atoms with Gasteiger partial charge in [-0.15, -0.1) is 0 Å². The molecule has 1 aromatic rings. The number of sulfonamides is 1. The predicted octanol–water partition coefficient (Wildman–Crippen LogP) is 0.883. The standard InChI is InChI=1S/C13H17ClN2O5S/c1-16(2)22(19,20)11-8-9(4-5-10(11)14)13(18)15-7-6-12(17)21-3/h4-5,8H,6-7H2,1-3H3,(H,15,18). The van der Waals surface area contributed by atoms with E-state index >= 15 is 0 Å². The largest absolute Gasteiger partial charge is 0.469 e. The van der Waals surface area contributed by atoms with Crippen LogP contribution in [-0.2, 0) is 19.6 Å². The Kier molecular flexibility index (Phi) is 6.34. The third-order valence-corrected chi connectivity index (χ3v) is 5.09. The highest BCUT2D eigenvalue weighted by Crippen LogP contribution is 2.24. The number of carbonyl (C=O) groups is 2. The minimum atomic E-state index is -3.75. The lowest BCUT2D eigenvalue weighted by Gasteiger charge is -2.13. The second kappa shape index (κ2) is 7.57. The molecule has 0 saturated heterocycles. The van der Waals surface area contributed by atoms with E-state index in [9.17, 15) is 18.0 Å². The van der Waals surface area contributed by atoms with Crippen molar-refractivity contribution in [2.24, 2.45) is 0 Å². The summed E-state index contributed by atoms with van der Waals surface area (Å²) >= 11 is 5.90. The average Bonchev–Trinajstić information content (AvgIpc) is 2.46. The average molecular weight is 349 g/mol. The monoisotopic (exact) mass is 348 g/mol. The normalized spacial score (nSPS) is 11.3. The third-order valence-electron chi connectivity index (χ3n) is 2.79. The van der Waals surface area contributed by atoms with Crippen molar-refractivity contribution in [3.63, 3.8) is 0 Å². The van der Waals surface area contributed by atoms with Gasteiger partial charge in [0.15, 0.2) is 0 Å². The van der Waals surface area contributed by atoms with Crippen molar-refractivity contribution >= 4 is 33.5 Å². The third kappa shape index (κ3) is 4.43. The van der Waals surface area contributed by atoms with E-state index in [1.807, 2.05) is 0 Å². The van der Waals surface area contributed by atoms with Gasteiger partial charge in [-0.05, 0) is 18.2 Å². The van der Waals surface area contributed by atoms with Gasteiger partial charge in [0.2, 0.25) is 10.0 Å². The van der Waals surface area contributed by atoms with Crippen molar-refractivity contribution in [2.75, 3.05) is 27.7 Å². The lowest BCUT2D eigenvalue weighted by atomic mass is 10.2. The van der Waals surface area contributed by atoms with Gasteiger partial charge in [0.05, 0.1) is 18.6 Å². The summed E-state index contributed by atoms with van der Waals surface area (Å²) in [6, 6.07) is 3.95. The molecule has 0 aliphatic heterocycles. The molecule has 0 radical (unpaired) electrons. The zero-order valence-corrected chi connectivity index (χ0v) is 14.0. The van der Waals surface area contributed by atoms with E-state index in [0.29, 0.717) is 0 Å². The number of esters is 1. The molecular weight excluding hydrogens is 332 g/mol. The number of hydrogen-bond acceptors (Lipinski definition) is 5. The molecule has 0 aromatic heterocycles. The summed E-state index contributed by atoms with van der Waals surface area (Å²) in [6.45, 7) is 0.0872. The van der Waals surface area contributed by atoms with E-state index in [4.69, 9.17) is 11.6 Å². The zero-order chi connectivity index (χ0) is 16.9. The molecule has 0 aliphatic rings. The first-order chi connectivity index (χ1) is 10.2. The molecule has 1 rings (SSSR count). The summed E-state index contributed by atoms with van der Waals surface area (Å²) in [4.78, 5) is 22.8. The number of rotatable bonds is 6. The van der Waals surface area contributed by atoms with E-state index in [0.717, 1.165) is 4.31 Å². The van der Waals surface area contributed by atoms with E-state index in [-0.39, 0.29) is 28.4 Å². The quantitative estimate of drug-likeness (QED) is 0.770. The Labute approximate surface area is 134 Å². The summed E-state index contributed by atoms with van der Waals surface area (Å²) in [5, 5.41) is 2.53. The Balaban J connectivity index is 2.94. The molecule has 0 atom stereocenters. The minimum Gasteiger partial charge on any atom is -0.469 e. The minimum absolute atomic E-state index is 0.0265. The highest BCUT2D eigenvalue weighted by Gasteiger charge is 2.22. The first-order valence-corrected chi connectivity index (χ1v) is 8.09. The van der Waals surface area contributed by atoms with Gasteiger partial charge in [-0.3, -0.25) is 9.59 Å². The van der Waals surface area contributed by atoms with Crippen molar-refractivity contribution in [3.8, 4) is 0 Å². The first kappa shape index (κ1) is 18.4. The van der Waals surface area contributed by atoms with Gasteiger partial charge in [-0.1, -0.05) is 11.6 Å². The number of halogens is 1. The number of nitrogens with zero attached hydrogens (tertiary/aromatic N) is 1. The molecular formula is C13H17ClN2O5S. The smallest absolute Gasteiger partial charge is 0.307 e. The molecule has 122 valence electrons. The fourth-order valence-corrected chi connectivity index (χ4v) is 2.91. The zero-order valence-electron chi connectivity index (χ0n) is 12.4. The topological polar surface area (TPSA) is 92.8 Å². The maximum Gasteiger partial charge on any atom is 0.307 e. The highest BCUT2D eigenvalue weighted by atomic mass is 35.5. The predicted molar refractivity (Wildman–Crippen MR) is 81.3 cm³/mol. The molecule has 0 aliphatic carbocycles. The maximum atomic E-state index is 12.1. The van der Waals surface area contributed by atoms with Gasteiger partial charge >= 0.3 is 5.97 Å². The van der Waals surface area contributed by atoms with Crippen LogP contribution in [0, 0.1) is 0 Å². The molecule has 0 bridgehead atoms. The van der Waals surface area contributed by atoms with Crippen LogP contribution in [0.4, 0.5) is 0 Å². The summed E-state index contributed by atoms with van der Waals surface area (Å²) in [5.74, 6) is -0.956. The fourth-order valence-electron chi connectivity index (χ4n) is 1.52. The van der Waals surface area contributed by atoms with Gasteiger partial charge in [-0.2, -0.15) is 0 Å². The number of benzene rings is 1. The SMILES string of the molecule is COC(=O)CCNC(=O)c1ccc(Cl)c(S(=O)(=O)N(C)C)c1. The number of amides is 1. The van der Waals surface area contributed by atoms with Crippen molar-refractivity contribution in [2.45, 2.75) is 11.3 Å². The molecule has 1 aromatic carbocycles. The van der Waals surface area contributed by atoms with Gasteiger partial charge in [0, 0.05) is 26.2 Å². The van der Waals surface area contributed by atoms with E-state index in [1.54, 1.807) is 0 Å². The molecule has 7 nitrogen and oxygen atoms in total. The summed E-state index contributed by atoms with van der Waals surface area (Å²) < 4.78 is 29.7. The van der Waals surface area contributed by atoms with Crippen LogP contribution < -0.4 is 5.32 Å². The summed E-state index contributed by atoms with van der Waals surface area (Å²) in [5.41, 5.74) is 0.134. The van der Waals surface area contributed by atoms with Crippen molar-refractivity contribution in [1.29, 1.82) is 0 Å². The second-order valence-corrected chi connectivity index (χ2v) is 7.04.